The lowest BCUT2D eigenvalue weighted by molar-refractivity contribution is -0.127. The van der Waals surface area contributed by atoms with Crippen molar-refractivity contribution in [2.75, 3.05) is 18.1 Å². The van der Waals surface area contributed by atoms with E-state index in [2.05, 4.69) is 10.1 Å². The Balaban J connectivity index is 1.26. The van der Waals surface area contributed by atoms with Gasteiger partial charge in [-0.15, -0.1) is 0 Å². The monoisotopic (exact) mass is 613 g/mol. The van der Waals surface area contributed by atoms with Crippen LogP contribution in [0.5, 0.6) is 5.75 Å². The summed E-state index contributed by atoms with van der Waals surface area (Å²) in [5.41, 5.74) is 2.10. The number of carbonyl (C=O) groups excluding carboxylic acids is 1. The fourth-order valence-electron chi connectivity index (χ4n) is 7.36. The van der Waals surface area contributed by atoms with Gasteiger partial charge in [0.2, 0.25) is 11.8 Å². The highest BCUT2D eigenvalue weighted by molar-refractivity contribution is 5.96. The summed E-state index contributed by atoms with van der Waals surface area (Å²) < 4.78 is 66.2. The van der Waals surface area contributed by atoms with Crippen molar-refractivity contribution in [3.8, 4) is 16.9 Å². The lowest BCUT2D eigenvalue weighted by atomic mass is 9.53. The van der Waals surface area contributed by atoms with Gasteiger partial charge in [0.15, 0.2) is 5.82 Å². The van der Waals surface area contributed by atoms with Gasteiger partial charge in [0.05, 0.1) is 6.61 Å². The van der Waals surface area contributed by atoms with Crippen LogP contribution < -0.4 is 9.64 Å². The first-order valence-corrected chi connectivity index (χ1v) is 15.7. The van der Waals surface area contributed by atoms with Crippen LogP contribution in [0.15, 0.2) is 53.1 Å². The average molecular weight is 614 g/mol. The highest BCUT2D eigenvalue weighted by atomic mass is 19.3. The molecule has 44 heavy (non-hydrogen) atoms. The predicted octanol–water partition coefficient (Wildman–Crippen LogP) is 8.70. The predicted molar refractivity (Wildman–Crippen MR) is 158 cm³/mol. The van der Waals surface area contributed by atoms with Crippen molar-refractivity contribution >= 4 is 11.6 Å². The van der Waals surface area contributed by atoms with E-state index in [1.54, 1.807) is 0 Å². The van der Waals surface area contributed by atoms with Crippen LogP contribution >= 0.6 is 0 Å². The SMILES string of the molecule is CCOc1ccc(-c2cccc(N(CC34CCC(c5noc(C(C)(F)F)n5)(CC3)CC4)C(=O)C3CCC(F)(F)CC3)c2)cc1. The zero-order valence-electron chi connectivity index (χ0n) is 25.3. The van der Waals surface area contributed by atoms with Gasteiger partial charge < -0.3 is 14.2 Å². The van der Waals surface area contributed by atoms with E-state index in [-0.39, 0.29) is 37.0 Å². The summed E-state index contributed by atoms with van der Waals surface area (Å²) in [5, 5.41) is 3.96. The number of rotatable bonds is 9. The quantitative estimate of drug-likeness (QED) is 0.226. The number of aromatic nitrogens is 2. The smallest absolute Gasteiger partial charge is 0.322 e. The first-order valence-electron chi connectivity index (χ1n) is 15.7. The minimum Gasteiger partial charge on any atom is -0.494 e. The third kappa shape index (κ3) is 6.09. The molecule has 7 rings (SSSR count). The van der Waals surface area contributed by atoms with Gasteiger partial charge in [0.1, 0.15) is 5.75 Å². The molecule has 6 nitrogen and oxygen atoms in total. The molecule has 0 radical (unpaired) electrons. The standard InChI is InChI=1S/C34H39F4N3O3/c1-3-43-27-9-7-23(8-10-27)25-5-4-6-26(21-25)41(28(42)24-11-13-34(37,38)14-12-24)22-32-15-18-33(19-16-32,20-17-32)29-39-30(44-40-29)31(2,35)36/h4-10,21,24H,3,11-20,22H2,1-2H3. The molecule has 1 heterocycles. The van der Waals surface area contributed by atoms with Gasteiger partial charge in [-0.25, -0.2) is 8.78 Å². The number of hydrogen-bond donors (Lipinski definition) is 0. The molecule has 10 heteroatoms. The molecule has 0 aliphatic heterocycles. The van der Waals surface area contributed by atoms with Crippen LogP contribution in [0.3, 0.4) is 0 Å². The summed E-state index contributed by atoms with van der Waals surface area (Å²) >= 11 is 0. The van der Waals surface area contributed by atoms with Gasteiger partial charge in [-0.1, -0.05) is 29.4 Å². The lowest BCUT2D eigenvalue weighted by Gasteiger charge is -2.53. The minimum atomic E-state index is -3.20. The molecule has 4 aliphatic rings. The molecule has 2 bridgehead atoms. The molecular formula is C34H39F4N3O3. The molecule has 0 atom stereocenters. The van der Waals surface area contributed by atoms with Crippen molar-refractivity contribution in [2.24, 2.45) is 11.3 Å². The Morgan fingerprint density at radius 3 is 2.23 bits per heavy atom. The number of hydrogen-bond acceptors (Lipinski definition) is 5. The van der Waals surface area contributed by atoms with Crippen LogP contribution in [0.4, 0.5) is 23.2 Å². The van der Waals surface area contributed by atoms with Crippen molar-refractivity contribution in [3.05, 3.63) is 60.2 Å². The van der Waals surface area contributed by atoms with E-state index >= 15 is 0 Å². The Bertz CT molecular complexity index is 1450. The molecule has 4 fully saturated rings. The van der Waals surface area contributed by atoms with E-state index in [4.69, 9.17) is 9.26 Å². The van der Waals surface area contributed by atoms with Crippen molar-refractivity contribution < 1.29 is 31.6 Å². The largest absolute Gasteiger partial charge is 0.494 e. The maximum atomic E-state index is 14.2. The average Bonchev–Trinajstić information content (AvgIpc) is 3.54. The molecular weight excluding hydrogens is 574 g/mol. The molecule has 3 aromatic rings. The Morgan fingerprint density at radius 2 is 1.64 bits per heavy atom. The van der Waals surface area contributed by atoms with E-state index in [0.717, 1.165) is 48.8 Å². The molecule has 4 aliphatic carbocycles. The van der Waals surface area contributed by atoms with E-state index in [0.29, 0.717) is 38.2 Å². The maximum absolute atomic E-state index is 14.2. The minimum absolute atomic E-state index is 0.103. The van der Waals surface area contributed by atoms with Gasteiger partial charge in [-0.05, 0) is 99.1 Å². The summed E-state index contributed by atoms with van der Waals surface area (Å²) in [6, 6.07) is 15.7. The number of halogens is 4. The van der Waals surface area contributed by atoms with E-state index in [9.17, 15) is 22.4 Å². The highest BCUT2D eigenvalue weighted by Crippen LogP contribution is 2.58. The van der Waals surface area contributed by atoms with Crippen LogP contribution in [-0.4, -0.2) is 35.1 Å². The highest BCUT2D eigenvalue weighted by Gasteiger charge is 2.53. The summed E-state index contributed by atoms with van der Waals surface area (Å²) in [7, 11) is 0. The van der Waals surface area contributed by atoms with Gasteiger partial charge in [-0.2, -0.15) is 13.8 Å². The van der Waals surface area contributed by atoms with Crippen molar-refractivity contribution in [2.45, 2.75) is 95.3 Å². The maximum Gasteiger partial charge on any atom is 0.322 e. The fourth-order valence-corrected chi connectivity index (χ4v) is 7.36. The third-order valence-corrected chi connectivity index (χ3v) is 10.2. The number of benzene rings is 2. The number of nitrogens with zero attached hydrogens (tertiary/aromatic N) is 3. The number of anilines is 1. The molecule has 236 valence electrons. The zero-order valence-corrected chi connectivity index (χ0v) is 25.3. The van der Waals surface area contributed by atoms with Gasteiger partial charge in [0.25, 0.3) is 5.89 Å². The Morgan fingerprint density at radius 1 is 0.977 bits per heavy atom. The molecule has 0 unspecified atom stereocenters. The van der Waals surface area contributed by atoms with Crippen LogP contribution in [0.25, 0.3) is 11.1 Å². The topological polar surface area (TPSA) is 68.5 Å². The van der Waals surface area contributed by atoms with E-state index in [1.165, 1.54) is 0 Å². The van der Waals surface area contributed by atoms with Crippen LogP contribution in [0, 0.1) is 11.3 Å². The number of ether oxygens (including phenoxy) is 1. The number of fused-ring (bicyclic) bond motifs is 3. The van der Waals surface area contributed by atoms with Crippen molar-refractivity contribution in [1.29, 1.82) is 0 Å². The second kappa shape index (κ2) is 11.5. The Labute approximate surface area is 255 Å². The second-order valence-corrected chi connectivity index (χ2v) is 13.2. The summed E-state index contributed by atoms with van der Waals surface area (Å²) in [6.07, 6.45) is 4.26. The van der Waals surface area contributed by atoms with Crippen LogP contribution in [-0.2, 0) is 16.1 Å². The molecule has 0 saturated heterocycles. The number of alkyl halides is 4. The van der Waals surface area contributed by atoms with E-state index < -0.39 is 29.1 Å². The molecule has 2 aromatic carbocycles. The molecule has 4 saturated carbocycles. The first-order chi connectivity index (χ1) is 20.9. The summed E-state index contributed by atoms with van der Waals surface area (Å²) in [6.45, 7) is 3.74. The van der Waals surface area contributed by atoms with Crippen molar-refractivity contribution in [3.63, 3.8) is 0 Å². The molecule has 0 spiro atoms. The van der Waals surface area contributed by atoms with Gasteiger partial charge >= 0.3 is 5.92 Å². The lowest BCUT2D eigenvalue weighted by Crippen LogP contribution is -2.52. The summed E-state index contributed by atoms with van der Waals surface area (Å²) in [4.78, 5) is 20.1. The fraction of sp³-hybridized carbons (Fsp3) is 0.559. The Kier molecular flexibility index (Phi) is 7.99. The molecule has 0 N–H and O–H groups in total. The Hall–Kier alpha value is -3.43. The second-order valence-electron chi connectivity index (χ2n) is 13.2. The normalized spacial score (nSPS) is 25.1. The number of amides is 1. The first kappa shape index (κ1) is 30.6. The molecule has 1 aromatic heterocycles. The van der Waals surface area contributed by atoms with Crippen molar-refractivity contribution in [1.82, 2.24) is 10.1 Å². The van der Waals surface area contributed by atoms with Crippen LogP contribution in [0.2, 0.25) is 0 Å². The van der Waals surface area contributed by atoms with Crippen LogP contribution in [0.1, 0.15) is 89.8 Å². The molecule has 1 amide bonds. The third-order valence-electron chi connectivity index (χ3n) is 10.2. The van der Waals surface area contributed by atoms with E-state index in [1.807, 2.05) is 60.4 Å². The zero-order chi connectivity index (χ0) is 31.2. The van der Waals surface area contributed by atoms with Gasteiger partial charge in [-0.3, -0.25) is 4.79 Å². The number of carbonyl (C=O) groups is 1. The summed E-state index contributed by atoms with van der Waals surface area (Å²) in [5.74, 6) is -6.01. The van der Waals surface area contributed by atoms with Gasteiger partial charge in [0, 0.05) is 43.3 Å².